The van der Waals surface area contributed by atoms with Crippen LogP contribution in [0.25, 0.3) is 0 Å². The van der Waals surface area contributed by atoms with Gasteiger partial charge in [-0.1, -0.05) is 25.1 Å². The van der Waals surface area contributed by atoms with E-state index in [2.05, 4.69) is 5.32 Å². The predicted molar refractivity (Wildman–Crippen MR) is 84.7 cm³/mol. The molecule has 5 heteroatoms. The third-order valence-electron chi connectivity index (χ3n) is 3.89. The van der Waals surface area contributed by atoms with Crippen LogP contribution in [0.1, 0.15) is 32.6 Å². The van der Waals surface area contributed by atoms with E-state index in [-0.39, 0.29) is 12.0 Å². The lowest BCUT2D eigenvalue weighted by molar-refractivity contribution is -0.121. The first kappa shape index (κ1) is 16.3. The van der Waals surface area contributed by atoms with E-state index in [9.17, 15) is 9.59 Å². The van der Waals surface area contributed by atoms with Crippen LogP contribution in [0.5, 0.6) is 5.75 Å². The summed E-state index contributed by atoms with van der Waals surface area (Å²) in [6, 6.07) is 9.11. The lowest BCUT2D eigenvalue weighted by atomic mass is 9.97. The molecule has 120 valence electrons. The van der Waals surface area contributed by atoms with Crippen LogP contribution >= 0.6 is 0 Å². The summed E-state index contributed by atoms with van der Waals surface area (Å²) < 4.78 is 5.34. The molecule has 1 aliphatic heterocycles. The molecule has 5 nitrogen and oxygen atoms in total. The first-order chi connectivity index (χ1) is 10.7. The highest BCUT2D eigenvalue weighted by Gasteiger charge is 2.24. The fourth-order valence-electron chi connectivity index (χ4n) is 2.55. The first-order valence-electron chi connectivity index (χ1n) is 7.97. The molecule has 0 radical (unpaired) electrons. The van der Waals surface area contributed by atoms with Gasteiger partial charge in [0.25, 0.3) is 0 Å². The molecule has 0 saturated carbocycles. The highest BCUT2D eigenvalue weighted by Crippen LogP contribution is 2.18. The molecule has 0 atom stereocenters. The van der Waals surface area contributed by atoms with Crippen LogP contribution in [0.4, 0.5) is 4.79 Å². The van der Waals surface area contributed by atoms with Gasteiger partial charge in [0.15, 0.2) is 0 Å². The number of hydrogen-bond acceptors (Lipinski definition) is 3. The molecule has 1 heterocycles. The average molecular weight is 304 g/mol. The first-order valence-corrected chi connectivity index (χ1v) is 7.97. The molecule has 22 heavy (non-hydrogen) atoms. The van der Waals surface area contributed by atoms with Gasteiger partial charge in [-0.3, -0.25) is 4.79 Å². The third kappa shape index (κ3) is 5.06. The number of amides is 2. The minimum atomic E-state index is -0.292. The number of nitrogens with one attached hydrogen (secondary N) is 1. The monoisotopic (exact) mass is 304 g/mol. The summed E-state index contributed by atoms with van der Waals surface area (Å²) in [5, 5.41) is 2.96. The minimum Gasteiger partial charge on any atom is -0.410 e. The zero-order valence-corrected chi connectivity index (χ0v) is 13.1. The van der Waals surface area contributed by atoms with E-state index in [1.807, 2.05) is 25.1 Å². The Balaban J connectivity index is 1.70. The Morgan fingerprint density at radius 1 is 1.23 bits per heavy atom. The number of likely N-dealkylation sites (tertiary alicyclic amines) is 1. The quantitative estimate of drug-likeness (QED) is 0.910. The second-order valence-corrected chi connectivity index (χ2v) is 5.67. The molecule has 1 fully saturated rings. The fourth-order valence-corrected chi connectivity index (χ4v) is 2.55. The van der Waals surface area contributed by atoms with Crippen molar-refractivity contribution in [2.75, 3.05) is 19.6 Å². The Bertz CT molecular complexity index is 482. The molecule has 0 aromatic heterocycles. The van der Waals surface area contributed by atoms with E-state index in [0.717, 1.165) is 19.3 Å². The van der Waals surface area contributed by atoms with Crippen LogP contribution in [0.2, 0.25) is 0 Å². The SMILES string of the molecule is CCCC(=O)NCC1CCN(C(=O)Oc2ccccc2)CC1. The van der Waals surface area contributed by atoms with E-state index in [1.54, 1.807) is 17.0 Å². The van der Waals surface area contributed by atoms with Crippen molar-refractivity contribution >= 4 is 12.0 Å². The Hall–Kier alpha value is -2.04. The molecule has 2 rings (SSSR count). The zero-order valence-electron chi connectivity index (χ0n) is 13.1. The molecule has 2 amide bonds. The summed E-state index contributed by atoms with van der Waals surface area (Å²) in [7, 11) is 0. The Kier molecular flexibility index (Phi) is 6.25. The van der Waals surface area contributed by atoms with Crippen molar-refractivity contribution in [2.45, 2.75) is 32.6 Å². The van der Waals surface area contributed by atoms with E-state index < -0.39 is 0 Å². The van der Waals surface area contributed by atoms with Crippen molar-refractivity contribution in [1.29, 1.82) is 0 Å². The third-order valence-corrected chi connectivity index (χ3v) is 3.89. The van der Waals surface area contributed by atoms with Gasteiger partial charge in [0, 0.05) is 26.1 Å². The molecule has 1 N–H and O–H groups in total. The van der Waals surface area contributed by atoms with Gasteiger partial charge in [-0.2, -0.15) is 0 Å². The lowest BCUT2D eigenvalue weighted by Crippen LogP contribution is -2.42. The van der Waals surface area contributed by atoms with Crippen LogP contribution < -0.4 is 10.1 Å². The van der Waals surface area contributed by atoms with Gasteiger partial charge < -0.3 is 15.0 Å². The Morgan fingerprint density at radius 3 is 2.55 bits per heavy atom. The number of nitrogens with zero attached hydrogens (tertiary/aromatic N) is 1. The molecule has 0 aliphatic carbocycles. The number of hydrogen-bond donors (Lipinski definition) is 1. The summed E-state index contributed by atoms with van der Waals surface area (Å²) in [4.78, 5) is 25.3. The highest BCUT2D eigenvalue weighted by atomic mass is 16.6. The van der Waals surface area contributed by atoms with Gasteiger partial charge in [0.2, 0.25) is 5.91 Å². The van der Waals surface area contributed by atoms with Crippen molar-refractivity contribution in [3.05, 3.63) is 30.3 Å². The Labute approximate surface area is 131 Å². The van der Waals surface area contributed by atoms with Gasteiger partial charge in [-0.05, 0) is 37.3 Å². The summed E-state index contributed by atoms with van der Waals surface area (Å²) in [5.41, 5.74) is 0. The van der Waals surface area contributed by atoms with E-state index in [0.29, 0.717) is 37.7 Å². The highest BCUT2D eigenvalue weighted by molar-refractivity contribution is 5.75. The number of benzene rings is 1. The molecule has 1 aromatic carbocycles. The van der Waals surface area contributed by atoms with Crippen LogP contribution in [-0.2, 0) is 4.79 Å². The van der Waals surface area contributed by atoms with Gasteiger partial charge in [-0.25, -0.2) is 4.79 Å². The Morgan fingerprint density at radius 2 is 1.91 bits per heavy atom. The second-order valence-electron chi connectivity index (χ2n) is 5.67. The number of para-hydroxylation sites is 1. The molecule has 0 spiro atoms. The standard InChI is InChI=1S/C17H24N2O3/c1-2-6-16(20)18-13-14-9-11-19(12-10-14)17(21)22-15-7-4-3-5-8-15/h3-5,7-8,14H,2,6,9-13H2,1H3,(H,18,20). The molecule has 0 unspecified atom stereocenters. The maximum absolute atomic E-state index is 12.1. The van der Waals surface area contributed by atoms with Crippen molar-refractivity contribution in [1.82, 2.24) is 10.2 Å². The lowest BCUT2D eigenvalue weighted by Gasteiger charge is -2.31. The van der Waals surface area contributed by atoms with E-state index in [1.165, 1.54) is 0 Å². The topological polar surface area (TPSA) is 58.6 Å². The maximum Gasteiger partial charge on any atom is 0.415 e. The van der Waals surface area contributed by atoms with Crippen LogP contribution in [0, 0.1) is 5.92 Å². The normalized spacial score (nSPS) is 15.4. The fraction of sp³-hybridized carbons (Fsp3) is 0.529. The van der Waals surface area contributed by atoms with Gasteiger partial charge in [0.05, 0.1) is 0 Å². The van der Waals surface area contributed by atoms with Crippen molar-refractivity contribution in [3.63, 3.8) is 0 Å². The van der Waals surface area contributed by atoms with Crippen LogP contribution in [-0.4, -0.2) is 36.5 Å². The zero-order chi connectivity index (χ0) is 15.8. The molecular formula is C17H24N2O3. The van der Waals surface area contributed by atoms with Gasteiger partial charge in [0.1, 0.15) is 5.75 Å². The predicted octanol–water partition coefficient (Wildman–Crippen LogP) is 2.81. The molecule has 1 aliphatic rings. The molecular weight excluding hydrogens is 280 g/mol. The van der Waals surface area contributed by atoms with Crippen molar-refractivity contribution in [3.8, 4) is 5.75 Å². The summed E-state index contributed by atoms with van der Waals surface area (Å²) in [5.74, 6) is 1.14. The number of carbonyl (C=O) groups excluding carboxylic acids is 2. The van der Waals surface area contributed by atoms with Crippen LogP contribution in [0.15, 0.2) is 30.3 Å². The number of ether oxygens (including phenoxy) is 1. The second kappa shape index (κ2) is 8.41. The summed E-state index contributed by atoms with van der Waals surface area (Å²) in [6.07, 6.45) is 2.96. The molecule has 0 bridgehead atoms. The van der Waals surface area contributed by atoms with Crippen molar-refractivity contribution in [2.24, 2.45) is 5.92 Å². The smallest absolute Gasteiger partial charge is 0.410 e. The number of rotatable bonds is 5. The van der Waals surface area contributed by atoms with E-state index in [4.69, 9.17) is 4.74 Å². The number of piperidine rings is 1. The van der Waals surface area contributed by atoms with E-state index >= 15 is 0 Å². The van der Waals surface area contributed by atoms with Crippen molar-refractivity contribution < 1.29 is 14.3 Å². The summed E-state index contributed by atoms with van der Waals surface area (Å²) >= 11 is 0. The minimum absolute atomic E-state index is 0.119. The average Bonchev–Trinajstić information content (AvgIpc) is 2.54. The van der Waals surface area contributed by atoms with Gasteiger partial charge >= 0.3 is 6.09 Å². The molecule has 1 aromatic rings. The molecule has 1 saturated heterocycles. The maximum atomic E-state index is 12.1. The summed E-state index contributed by atoms with van der Waals surface area (Å²) in [6.45, 7) is 4.07. The van der Waals surface area contributed by atoms with Gasteiger partial charge in [-0.15, -0.1) is 0 Å². The number of carbonyl (C=O) groups is 2. The largest absolute Gasteiger partial charge is 0.415 e. The van der Waals surface area contributed by atoms with Crippen LogP contribution in [0.3, 0.4) is 0 Å².